The summed E-state index contributed by atoms with van der Waals surface area (Å²) in [7, 11) is 1.97. The van der Waals surface area contributed by atoms with Gasteiger partial charge in [-0.3, -0.25) is 9.69 Å². The van der Waals surface area contributed by atoms with Crippen molar-refractivity contribution in [3.05, 3.63) is 60.1 Å². The summed E-state index contributed by atoms with van der Waals surface area (Å²) >= 11 is 0. The maximum absolute atomic E-state index is 13.2. The van der Waals surface area contributed by atoms with Gasteiger partial charge >= 0.3 is 5.97 Å². The molecule has 0 amide bonds. The van der Waals surface area contributed by atoms with Crippen molar-refractivity contribution in [3.8, 4) is 11.3 Å². The van der Waals surface area contributed by atoms with Crippen molar-refractivity contribution in [1.29, 1.82) is 0 Å². The summed E-state index contributed by atoms with van der Waals surface area (Å²) in [6, 6.07) is 7.93. The lowest BCUT2D eigenvalue weighted by Gasteiger charge is -2.40. The van der Waals surface area contributed by atoms with Gasteiger partial charge in [-0.05, 0) is 50.6 Å². The Morgan fingerprint density at radius 2 is 2.13 bits per heavy atom. The Kier molecular flexibility index (Phi) is 6.18. The topological polar surface area (TPSA) is 73.4 Å². The van der Waals surface area contributed by atoms with Crippen LogP contribution in [0.15, 0.2) is 47.4 Å². The van der Waals surface area contributed by atoms with E-state index in [9.17, 15) is 9.18 Å². The monoisotopic (exact) mass is 426 g/mol. The zero-order valence-electron chi connectivity index (χ0n) is 17.9. The van der Waals surface area contributed by atoms with Crippen LogP contribution in [0.4, 0.5) is 4.39 Å². The number of hydrogen-bond donors (Lipinski definition) is 0. The third-order valence-electron chi connectivity index (χ3n) is 5.88. The van der Waals surface area contributed by atoms with Crippen molar-refractivity contribution in [1.82, 2.24) is 19.6 Å². The van der Waals surface area contributed by atoms with E-state index in [4.69, 9.17) is 9.26 Å². The van der Waals surface area contributed by atoms with Crippen molar-refractivity contribution in [2.75, 3.05) is 19.7 Å². The zero-order chi connectivity index (χ0) is 21.8. The molecule has 0 aliphatic carbocycles. The first-order valence-electron chi connectivity index (χ1n) is 10.6. The van der Waals surface area contributed by atoms with Gasteiger partial charge in [0.1, 0.15) is 17.3 Å². The number of nitrogens with zero attached hydrogens (tertiary/aromatic N) is 4. The van der Waals surface area contributed by atoms with E-state index in [-0.39, 0.29) is 11.8 Å². The number of halogens is 1. The number of hydrogen-bond acceptors (Lipinski definition) is 6. The third-order valence-corrected chi connectivity index (χ3v) is 5.88. The molecule has 0 saturated carbocycles. The molecule has 3 heterocycles. The SMILES string of the molecule is CCOC(=O)[C@]1(Cc2cc(-c3ccc(F)cc3)no2)CCCN(Cc2cncn2C)C1. The molecule has 1 fully saturated rings. The molecule has 164 valence electrons. The van der Waals surface area contributed by atoms with Gasteiger partial charge in [0.15, 0.2) is 0 Å². The lowest BCUT2D eigenvalue weighted by atomic mass is 9.76. The smallest absolute Gasteiger partial charge is 0.313 e. The summed E-state index contributed by atoms with van der Waals surface area (Å²) < 4.78 is 26.3. The van der Waals surface area contributed by atoms with Crippen molar-refractivity contribution in [2.24, 2.45) is 12.5 Å². The van der Waals surface area contributed by atoms with Crippen molar-refractivity contribution < 1.29 is 18.4 Å². The van der Waals surface area contributed by atoms with Gasteiger partial charge in [-0.15, -0.1) is 0 Å². The Labute approximate surface area is 180 Å². The first kappa shape index (κ1) is 21.2. The molecular formula is C23H27FN4O3. The number of aryl methyl sites for hydroxylation is 1. The number of likely N-dealkylation sites (tertiary alicyclic amines) is 1. The largest absolute Gasteiger partial charge is 0.466 e. The van der Waals surface area contributed by atoms with Crippen molar-refractivity contribution in [3.63, 3.8) is 0 Å². The number of aromatic nitrogens is 3. The fourth-order valence-electron chi connectivity index (χ4n) is 4.28. The number of ether oxygens (including phenoxy) is 1. The molecule has 1 atom stereocenters. The summed E-state index contributed by atoms with van der Waals surface area (Å²) in [5.41, 5.74) is 1.78. The Morgan fingerprint density at radius 1 is 1.32 bits per heavy atom. The van der Waals surface area contributed by atoms with Gasteiger partial charge in [-0.25, -0.2) is 9.37 Å². The Balaban J connectivity index is 1.55. The van der Waals surface area contributed by atoms with E-state index >= 15 is 0 Å². The second-order valence-electron chi connectivity index (χ2n) is 8.17. The van der Waals surface area contributed by atoms with Crippen LogP contribution in [0, 0.1) is 11.2 Å². The van der Waals surface area contributed by atoms with Gasteiger partial charge in [0.05, 0.1) is 24.0 Å². The molecule has 1 aromatic carbocycles. The van der Waals surface area contributed by atoms with Crippen molar-refractivity contribution in [2.45, 2.75) is 32.7 Å². The maximum Gasteiger partial charge on any atom is 0.313 e. The van der Waals surface area contributed by atoms with Crippen LogP contribution < -0.4 is 0 Å². The molecule has 7 nitrogen and oxygen atoms in total. The third kappa shape index (κ3) is 4.69. The van der Waals surface area contributed by atoms with Gasteiger partial charge < -0.3 is 13.8 Å². The van der Waals surface area contributed by atoms with Crippen LogP contribution in [0.2, 0.25) is 0 Å². The van der Waals surface area contributed by atoms with Crippen LogP contribution in [-0.4, -0.2) is 45.3 Å². The van der Waals surface area contributed by atoms with Gasteiger partial charge in [-0.1, -0.05) is 5.16 Å². The molecule has 1 saturated heterocycles. The predicted octanol–water partition coefficient (Wildman–Crippen LogP) is 3.60. The summed E-state index contributed by atoms with van der Waals surface area (Å²) in [5, 5.41) is 4.13. The van der Waals surface area contributed by atoms with Gasteiger partial charge in [0.2, 0.25) is 0 Å². The quantitative estimate of drug-likeness (QED) is 0.538. The Hall–Kier alpha value is -3.00. The molecule has 0 unspecified atom stereocenters. The Bertz CT molecular complexity index is 1030. The number of esters is 1. The first-order chi connectivity index (χ1) is 15.0. The first-order valence-corrected chi connectivity index (χ1v) is 10.6. The van der Waals surface area contributed by atoms with E-state index in [0.717, 1.165) is 37.2 Å². The highest BCUT2D eigenvalue weighted by Crippen LogP contribution is 2.36. The second kappa shape index (κ2) is 9.01. The van der Waals surface area contributed by atoms with Crippen LogP contribution in [0.25, 0.3) is 11.3 Å². The average Bonchev–Trinajstić information content (AvgIpc) is 3.38. The molecule has 0 spiro atoms. The highest BCUT2D eigenvalue weighted by Gasteiger charge is 2.44. The predicted molar refractivity (Wildman–Crippen MR) is 112 cm³/mol. The summed E-state index contributed by atoms with van der Waals surface area (Å²) in [5.74, 6) is 0.114. The van der Waals surface area contributed by atoms with E-state index in [1.54, 1.807) is 18.5 Å². The molecule has 1 aliphatic rings. The molecule has 8 heteroatoms. The summed E-state index contributed by atoms with van der Waals surface area (Å²) in [6.45, 7) is 4.35. The summed E-state index contributed by atoms with van der Waals surface area (Å²) in [6.07, 6.45) is 5.65. The lowest BCUT2D eigenvalue weighted by Crippen LogP contribution is -2.49. The van der Waals surface area contributed by atoms with Crippen LogP contribution in [0.1, 0.15) is 31.2 Å². The van der Waals surface area contributed by atoms with E-state index in [1.807, 2.05) is 30.8 Å². The van der Waals surface area contributed by atoms with Gasteiger partial charge in [0.25, 0.3) is 0 Å². The number of carbonyl (C=O) groups is 1. The minimum Gasteiger partial charge on any atom is -0.466 e. The zero-order valence-corrected chi connectivity index (χ0v) is 17.9. The molecular weight excluding hydrogens is 399 g/mol. The molecule has 3 aromatic rings. The van der Waals surface area contributed by atoms with Crippen LogP contribution in [-0.2, 0) is 29.5 Å². The molecule has 31 heavy (non-hydrogen) atoms. The molecule has 2 aromatic heterocycles. The number of imidazole rings is 1. The summed E-state index contributed by atoms with van der Waals surface area (Å²) in [4.78, 5) is 19.5. The van der Waals surface area contributed by atoms with Gasteiger partial charge in [0, 0.05) is 44.4 Å². The number of rotatable bonds is 7. The fraction of sp³-hybridized carbons (Fsp3) is 0.435. The highest BCUT2D eigenvalue weighted by atomic mass is 19.1. The van der Waals surface area contributed by atoms with E-state index < -0.39 is 5.41 Å². The van der Waals surface area contributed by atoms with Gasteiger partial charge in [-0.2, -0.15) is 0 Å². The molecule has 0 bridgehead atoms. The van der Waals surface area contributed by atoms with E-state index in [1.165, 1.54) is 12.1 Å². The minimum absolute atomic E-state index is 0.204. The molecule has 4 rings (SSSR count). The lowest BCUT2D eigenvalue weighted by molar-refractivity contribution is -0.159. The molecule has 0 N–H and O–H groups in total. The number of carbonyl (C=O) groups excluding carboxylic acids is 1. The molecule has 0 radical (unpaired) electrons. The standard InChI is InChI=1S/C23H27FN4O3/c1-3-30-22(29)23(9-4-10-28(15-23)14-19-13-25-16-27(19)2)12-20-11-21(26-31-20)17-5-7-18(24)8-6-17/h5-8,11,13,16H,3-4,9-10,12,14-15H2,1-2H3/t23-/m0/s1. The average molecular weight is 426 g/mol. The van der Waals surface area contributed by atoms with E-state index in [2.05, 4.69) is 15.0 Å². The number of piperidine rings is 1. The number of benzene rings is 1. The van der Waals surface area contributed by atoms with Crippen LogP contribution >= 0.6 is 0 Å². The highest BCUT2D eigenvalue weighted by molar-refractivity contribution is 5.77. The maximum atomic E-state index is 13.2. The van der Waals surface area contributed by atoms with E-state index in [0.29, 0.717) is 31.0 Å². The van der Waals surface area contributed by atoms with Crippen LogP contribution in [0.5, 0.6) is 0 Å². The minimum atomic E-state index is -0.702. The van der Waals surface area contributed by atoms with Crippen molar-refractivity contribution >= 4 is 5.97 Å². The second-order valence-corrected chi connectivity index (χ2v) is 8.17. The normalized spacial score (nSPS) is 19.5. The Morgan fingerprint density at radius 3 is 2.84 bits per heavy atom. The molecule has 1 aliphatic heterocycles. The van der Waals surface area contributed by atoms with Crippen LogP contribution in [0.3, 0.4) is 0 Å². The fourth-order valence-corrected chi connectivity index (χ4v) is 4.28.